The van der Waals surface area contributed by atoms with E-state index in [0.29, 0.717) is 18.5 Å². The van der Waals surface area contributed by atoms with Crippen LogP contribution in [0.1, 0.15) is 65.0 Å². The zero-order valence-corrected chi connectivity index (χ0v) is 18.4. The minimum Gasteiger partial charge on any atom is -0.505 e. The molecule has 0 aliphatic rings. The number of benzene rings is 2. The highest BCUT2D eigenvalue weighted by atomic mass is 16.4. The van der Waals surface area contributed by atoms with Crippen molar-refractivity contribution >= 4 is 17.0 Å². The van der Waals surface area contributed by atoms with Crippen molar-refractivity contribution in [3.8, 4) is 11.4 Å². The minimum absolute atomic E-state index is 0.0774. The summed E-state index contributed by atoms with van der Waals surface area (Å²) < 4.78 is 0. The maximum absolute atomic E-state index is 11.2. The van der Waals surface area contributed by atoms with Crippen molar-refractivity contribution in [1.29, 1.82) is 0 Å². The molecule has 1 heterocycles. The molecule has 0 spiro atoms. The van der Waals surface area contributed by atoms with Gasteiger partial charge in [0.25, 0.3) is 0 Å². The molecule has 0 aliphatic carbocycles. The molecule has 0 fully saturated rings. The van der Waals surface area contributed by atoms with Gasteiger partial charge in [0.1, 0.15) is 22.5 Å². The fourth-order valence-electron chi connectivity index (χ4n) is 4.32. The van der Waals surface area contributed by atoms with Gasteiger partial charge in [-0.2, -0.15) is 0 Å². The fraction of sp³-hybridized carbons (Fsp3) is 0.458. The first-order valence-corrected chi connectivity index (χ1v) is 10.4. The Morgan fingerprint density at radius 3 is 2.17 bits per heavy atom. The number of hydrogen-bond donors (Lipinski definition) is 2. The Bertz CT molecular complexity index is 1030. The molecule has 0 aliphatic heterocycles. The number of aromatic nitrogens is 3. The fourth-order valence-corrected chi connectivity index (χ4v) is 4.32. The second-order valence-corrected chi connectivity index (χ2v) is 9.86. The molecule has 6 heteroatoms. The van der Waals surface area contributed by atoms with Gasteiger partial charge >= 0.3 is 5.97 Å². The van der Waals surface area contributed by atoms with Crippen molar-refractivity contribution in [2.45, 2.75) is 65.7 Å². The Hall–Kier alpha value is -2.89. The molecule has 0 unspecified atom stereocenters. The first kappa shape index (κ1) is 21.8. The highest BCUT2D eigenvalue weighted by molar-refractivity contribution is 5.74. The van der Waals surface area contributed by atoms with Gasteiger partial charge in [-0.15, -0.1) is 15.0 Å². The lowest BCUT2D eigenvalue weighted by atomic mass is 9.71. The zero-order chi connectivity index (χ0) is 22.1. The van der Waals surface area contributed by atoms with Crippen LogP contribution in [-0.4, -0.2) is 31.2 Å². The molecule has 0 radical (unpaired) electrons. The summed E-state index contributed by atoms with van der Waals surface area (Å²) in [5.74, 6) is -0.631. The summed E-state index contributed by atoms with van der Waals surface area (Å²) in [5.41, 5.74) is 3.63. The molecule has 3 rings (SSSR count). The predicted molar refractivity (Wildman–Crippen MR) is 118 cm³/mol. The molecular formula is C24H31N3O3. The predicted octanol–water partition coefficient (Wildman–Crippen LogP) is 5.25. The Kier molecular flexibility index (Phi) is 5.88. The number of aliphatic carboxylic acids is 1. The van der Waals surface area contributed by atoms with Gasteiger partial charge in [0.05, 0.1) is 0 Å². The molecule has 3 aromatic rings. The van der Waals surface area contributed by atoms with Crippen molar-refractivity contribution in [2.24, 2.45) is 5.41 Å². The standard InChI is InChI=1S/C24H31N3O3/c1-23(2,3)15-24(4,5)17-13-16(9-8-12-21(28)29)14-20(22(17)30)27-25-18-10-6-7-11-19(18)26-27/h6-7,10-11,13-14,30H,8-9,12,15H2,1-5H3,(H,28,29). The number of carboxylic acids is 1. The molecule has 1 aromatic heterocycles. The zero-order valence-electron chi connectivity index (χ0n) is 18.4. The quantitative estimate of drug-likeness (QED) is 0.556. The number of phenolic OH excluding ortho intramolecular Hbond substituents is 1. The van der Waals surface area contributed by atoms with E-state index < -0.39 is 5.97 Å². The van der Waals surface area contributed by atoms with Gasteiger partial charge in [0, 0.05) is 12.0 Å². The topological polar surface area (TPSA) is 88.2 Å². The van der Waals surface area contributed by atoms with E-state index in [1.165, 1.54) is 4.80 Å². The molecule has 0 amide bonds. The first-order valence-electron chi connectivity index (χ1n) is 10.4. The highest BCUT2D eigenvalue weighted by Crippen LogP contribution is 2.42. The molecule has 0 saturated carbocycles. The Labute approximate surface area is 177 Å². The van der Waals surface area contributed by atoms with Crippen LogP contribution in [0.25, 0.3) is 16.7 Å². The molecule has 2 N–H and O–H groups in total. The summed E-state index contributed by atoms with van der Waals surface area (Å²) in [7, 11) is 0. The molecule has 6 nitrogen and oxygen atoms in total. The number of rotatable bonds is 7. The lowest BCUT2D eigenvalue weighted by molar-refractivity contribution is -0.137. The van der Waals surface area contributed by atoms with Crippen LogP contribution in [0, 0.1) is 5.41 Å². The summed E-state index contributed by atoms with van der Waals surface area (Å²) in [5, 5.41) is 29.3. The van der Waals surface area contributed by atoms with E-state index in [4.69, 9.17) is 5.11 Å². The normalized spacial score (nSPS) is 12.4. The average Bonchev–Trinajstić information content (AvgIpc) is 3.04. The summed E-state index contributed by atoms with van der Waals surface area (Å²) in [6, 6.07) is 11.5. The van der Waals surface area contributed by atoms with Crippen LogP contribution in [-0.2, 0) is 16.6 Å². The van der Waals surface area contributed by atoms with Gasteiger partial charge in [-0.25, -0.2) is 0 Å². The van der Waals surface area contributed by atoms with Crippen LogP contribution in [0.15, 0.2) is 36.4 Å². The number of nitrogens with zero attached hydrogens (tertiary/aromatic N) is 3. The molecule has 2 aromatic carbocycles. The van der Waals surface area contributed by atoms with E-state index in [9.17, 15) is 9.90 Å². The lowest BCUT2D eigenvalue weighted by Gasteiger charge is -2.34. The van der Waals surface area contributed by atoms with E-state index in [2.05, 4.69) is 44.8 Å². The molecule has 30 heavy (non-hydrogen) atoms. The van der Waals surface area contributed by atoms with E-state index in [1.54, 1.807) is 0 Å². The summed E-state index contributed by atoms with van der Waals surface area (Å²) in [6.45, 7) is 10.8. The van der Waals surface area contributed by atoms with Gasteiger partial charge in [0.15, 0.2) is 0 Å². The van der Waals surface area contributed by atoms with Gasteiger partial charge < -0.3 is 10.2 Å². The van der Waals surface area contributed by atoms with E-state index in [0.717, 1.165) is 28.6 Å². The van der Waals surface area contributed by atoms with Crippen LogP contribution >= 0.6 is 0 Å². The smallest absolute Gasteiger partial charge is 0.303 e. The summed E-state index contributed by atoms with van der Waals surface area (Å²) in [6.07, 6.45) is 2.13. The van der Waals surface area contributed by atoms with Crippen LogP contribution in [0.3, 0.4) is 0 Å². The van der Waals surface area contributed by atoms with Crippen molar-refractivity contribution < 1.29 is 15.0 Å². The highest BCUT2D eigenvalue weighted by Gasteiger charge is 2.31. The Morgan fingerprint density at radius 2 is 1.63 bits per heavy atom. The number of aromatic hydroxyl groups is 1. The largest absolute Gasteiger partial charge is 0.505 e. The summed E-state index contributed by atoms with van der Waals surface area (Å²) in [4.78, 5) is 12.4. The third kappa shape index (κ3) is 4.99. The third-order valence-electron chi connectivity index (χ3n) is 5.21. The number of fused-ring (bicyclic) bond motifs is 1. The molecule has 0 saturated heterocycles. The molecule has 0 bridgehead atoms. The molecule has 0 atom stereocenters. The van der Waals surface area contributed by atoms with Gasteiger partial charge in [-0.05, 0) is 53.9 Å². The maximum atomic E-state index is 11.2. The Balaban J connectivity index is 2.11. The minimum atomic E-state index is -0.803. The Morgan fingerprint density at radius 1 is 1.03 bits per heavy atom. The second kappa shape index (κ2) is 8.09. The van der Waals surface area contributed by atoms with Crippen molar-refractivity contribution in [2.75, 3.05) is 0 Å². The maximum Gasteiger partial charge on any atom is 0.303 e. The van der Waals surface area contributed by atoms with Crippen LogP contribution in [0.4, 0.5) is 0 Å². The third-order valence-corrected chi connectivity index (χ3v) is 5.21. The van der Waals surface area contributed by atoms with Crippen LogP contribution in [0.2, 0.25) is 0 Å². The number of carbonyl (C=O) groups is 1. The molecular weight excluding hydrogens is 378 g/mol. The van der Waals surface area contributed by atoms with E-state index in [-0.39, 0.29) is 23.0 Å². The number of hydrogen-bond acceptors (Lipinski definition) is 4. The van der Waals surface area contributed by atoms with E-state index >= 15 is 0 Å². The van der Waals surface area contributed by atoms with Gasteiger partial charge in [0.2, 0.25) is 0 Å². The summed E-state index contributed by atoms with van der Waals surface area (Å²) >= 11 is 0. The average molecular weight is 410 g/mol. The number of aryl methyl sites for hydroxylation is 1. The first-order chi connectivity index (χ1) is 14.0. The van der Waals surface area contributed by atoms with Crippen molar-refractivity contribution in [3.63, 3.8) is 0 Å². The van der Waals surface area contributed by atoms with E-state index in [1.807, 2.05) is 36.4 Å². The molecule has 160 valence electrons. The lowest BCUT2D eigenvalue weighted by Crippen LogP contribution is -2.25. The van der Waals surface area contributed by atoms with Crippen LogP contribution < -0.4 is 0 Å². The van der Waals surface area contributed by atoms with Crippen molar-refractivity contribution in [3.05, 3.63) is 47.5 Å². The van der Waals surface area contributed by atoms with Crippen molar-refractivity contribution in [1.82, 2.24) is 15.0 Å². The monoisotopic (exact) mass is 409 g/mol. The van der Waals surface area contributed by atoms with Crippen LogP contribution in [0.5, 0.6) is 5.75 Å². The van der Waals surface area contributed by atoms with Gasteiger partial charge in [-0.1, -0.05) is 52.8 Å². The number of phenols is 1. The van der Waals surface area contributed by atoms with Gasteiger partial charge in [-0.3, -0.25) is 4.79 Å². The number of carboxylic acid groups (broad SMARTS) is 1. The SMILES string of the molecule is CC(C)(C)CC(C)(C)c1cc(CCCC(=O)O)cc(-n2nc3ccccc3n2)c1O. The second-order valence-electron chi connectivity index (χ2n) is 9.86.